The number of furan rings is 1. The van der Waals surface area contributed by atoms with Crippen molar-refractivity contribution in [2.45, 2.75) is 26.5 Å². The van der Waals surface area contributed by atoms with Crippen LogP contribution in [0.3, 0.4) is 0 Å². The van der Waals surface area contributed by atoms with Crippen molar-refractivity contribution in [3.05, 3.63) is 23.2 Å². The number of ether oxygens (including phenoxy) is 1. The summed E-state index contributed by atoms with van der Waals surface area (Å²) in [6.07, 6.45) is -0.406. The summed E-state index contributed by atoms with van der Waals surface area (Å²) in [5, 5.41) is 12.1. The molecule has 1 heterocycles. The van der Waals surface area contributed by atoms with E-state index in [9.17, 15) is 4.79 Å². The lowest BCUT2D eigenvalue weighted by atomic mass is 10.2. The number of carbonyl (C=O) groups excluding carboxylic acids is 1. The highest BCUT2D eigenvalue weighted by atomic mass is 16.5. The number of carbonyl (C=O) groups is 1. The van der Waals surface area contributed by atoms with E-state index in [1.54, 1.807) is 19.9 Å². The summed E-state index contributed by atoms with van der Waals surface area (Å²) in [6, 6.07) is 1.65. The van der Waals surface area contributed by atoms with E-state index in [0.717, 1.165) is 0 Å². The Labute approximate surface area is 94.4 Å². The van der Waals surface area contributed by atoms with Gasteiger partial charge in [-0.1, -0.05) is 0 Å². The molecule has 0 amide bonds. The molecule has 16 heavy (non-hydrogen) atoms. The predicted molar refractivity (Wildman–Crippen MR) is 58.2 cm³/mol. The van der Waals surface area contributed by atoms with Crippen molar-refractivity contribution in [1.29, 1.82) is 0 Å². The fraction of sp³-hybridized carbons (Fsp3) is 0.545. The molecule has 0 aromatic carbocycles. The van der Waals surface area contributed by atoms with Crippen LogP contribution in [0.2, 0.25) is 0 Å². The third-order valence-electron chi connectivity index (χ3n) is 2.11. The van der Waals surface area contributed by atoms with Crippen LogP contribution in [0.15, 0.2) is 10.5 Å². The Hall–Kier alpha value is -1.33. The minimum Gasteiger partial charge on any atom is -0.465 e. The second-order valence-corrected chi connectivity index (χ2v) is 3.65. The van der Waals surface area contributed by atoms with Crippen LogP contribution >= 0.6 is 0 Å². The molecular formula is C11H17NO4. The maximum Gasteiger partial charge on any atom is 0.341 e. The SMILES string of the molecule is COC(=O)c1cc(CNC[C@H](C)O)oc1C. The first-order chi connectivity index (χ1) is 7.54. The molecule has 2 N–H and O–H groups in total. The van der Waals surface area contributed by atoms with Crippen LogP contribution in [-0.4, -0.2) is 30.8 Å². The third-order valence-corrected chi connectivity index (χ3v) is 2.11. The Balaban J connectivity index is 2.59. The summed E-state index contributed by atoms with van der Waals surface area (Å²) in [5.41, 5.74) is 0.441. The van der Waals surface area contributed by atoms with Crippen molar-refractivity contribution in [3.63, 3.8) is 0 Å². The molecule has 1 aromatic rings. The molecule has 90 valence electrons. The van der Waals surface area contributed by atoms with Gasteiger partial charge in [0.05, 0.1) is 19.8 Å². The maximum atomic E-state index is 11.3. The summed E-state index contributed by atoms with van der Waals surface area (Å²) < 4.78 is 9.99. The van der Waals surface area contributed by atoms with Crippen molar-refractivity contribution in [1.82, 2.24) is 5.32 Å². The van der Waals surface area contributed by atoms with Gasteiger partial charge in [-0.3, -0.25) is 0 Å². The van der Waals surface area contributed by atoms with Gasteiger partial charge in [0, 0.05) is 6.54 Å². The number of aliphatic hydroxyl groups is 1. The van der Waals surface area contributed by atoms with Crippen LogP contribution in [0, 0.1) is 6.92 Å². The van der Waals surface area contributed by atoms with Crippen molar-refractivity contribution in [2.75, 3.05) is 13.7 Å². The van der Waals surface area contributed by atoms with Crippen molar-refractivity contribution in [3.8, 4) is 0 Å². The molecule has 1 rings (SSSR count). The minimum atomic E-state index is -0.406. The topological polar surface area (TPSA) is 71.7 Å². The van der Waals surface area contributed by atoms with Crippen LogP contribution < -0.4 is 5.32 Å². The number of aliphatic hydroxyl groups excluding tert-OH is 1. The first-order valence-corrected chi connectivity index (χ1v) is 5.11. The minimum absolute atomic E-state index is 0.400. The molecule has 0 aliphatic carbocycles. The molecule has 1 aromatic heterocycles. The third kappa shape index (κ3) is 3.36. The lowest BCUT2D eigenvalue weighted by Crippen LogP contribution is -2.23. The van der Waals surface area contributed by atoms with E-state index in [1.807, 2.05) is 0 Å². The molecule has 0 unspecified atom stereocenters. The smallest absolute Gasteiger partial charge is 0.341 e. The molecule has 0 radical (unpaired) electrons. The largest absolute Gasteiger partial charge is 0.465 e. The van der Waals surface area contributed by atoms with Crippen molar-refractivity contribution >= 4 is 5.97 Å². The summed E-state index contributed by atoms with van der Waals surface area (Å²) in [6.45, 7) is 4.36. The number of rotatable bonds is 5. The zero-order valence-electron chi connectivity index (χ0n) is 9.74. The Bertz CT molecular complexity index is 357. The van der Waals surface area contributed by atoms with E-state index in [0.29, 0.717) is 30.2 Å². The van der Waals surface area contributed by atoms with Crippen LogP contribution in [0.4, 0.5) is 0 Å². The van der Waals surface area contributed by atoms with Crippen molar-refractivity contribution in [2.24, 2.45) is 0 Å². The first kappa shape index (κ1) is 12.7. The van der Waals surface area contributed by atoms with Gasteiger partial charge in [-0.15, -0.1) is 0 Å². The van der Waals surface area contributed by atoms with E-state index in [1.165, 1.54) is 7.11 Å². The van der Waals surface area contributed by atoms with E-state index in [4.69, 9.17) is 9.52 Å². The fourth-order valence-corrected chi connectivity index (χ4v) is 1.35. The fourth-order valence-electron chi connectivity index (χ4n) is 1.35. The number of esters is 1. The number of aryl methyl sites for hydroxylation is 1. The average molecular weight is 227 g/mol. The number of nitrogens with one attached hydrogen (secondary N) is 1. The summed E-state index contributed by atoms with van der Waals surface area (Å²) >= 11 is 0. The maximum absolute atomic E-state index is 11.3. The number of hydrogen-bond donors (Lipinski definition) is 2. The molecule has 0 saturated heterocycles. The van der Waals surface area contributed by atoms with E-state index in [-0.39, 0.29) is 0 Å². The Morgan fingerprint density at radius 2 is 2.38 bits per heavy atom. The second kappa shape index (κ2) is 5.67. The zero-order chi connectivity index (χ0) is 12.1. The normalized spacial score (nSPS) is 12.5. The van der Waals surface area contributed by atoms with E-state index < -0.39 is 12.1 Å². The van der Waals surface area contributed by atoms with E-state index >= 15 is 0 Å². The number of hydrogen-bond acceptors (Lipinski definition) is 5. The lowest BCUT2D eigenvalue weighted by molar-refractivity contribution is 0.0599. The highest BCUT2D eigenvalue weighted by Gasteiger charge is 2.14. The molecule has 0 aliphatic rings. The van der Waals surface area contributed by atoms with Crippen LogP contribution in [-0.2, 0) is 11.3 Å². The number of methoxy groups -OCH3 is 1. The molecule has 0 saturated carbocycles. The highest BCUT2D eigenvalue weighted by Crippen LogP contribution is 2.15. The molecule has 5 nitrogen and oxygen atoms in total. The Morgan fingerprint density at radius 3 is 2.94 bits per heavy atom. The highest BCUT2D eigenvalue weighted by molar-refractivity contribution is 5.90. The summed E-state index contributed by atoms with van der Waals surface area (Å²) in [7, 11) is 1.33. The van der Waals surface area contributed by atoms with Crippen molar-refractivity contribution < 1.29 is 19.1 Å². The summed E-state index contributed by atoms with van der Waals surface area (Å²) in [4.78, 5) is 11.3. The van der Waals surface area contributed by atoms with Gasteiger partial charge in [-0.05, 0) is 19.9 Å². The van der Waals surface area contributed by atoms with E-state index in [2.05, 4.69) is 10.1 Å². The van der Waals surface area contributed by atoms with Gasteiger partial charge in [0.1, 0.15) is 17.1 Å². The Morgan fingerprint density at radius 1 is 1.69 bits per heavy atom. The molecule has 0 aliphatic heterocycles. The van der Waals surface area contributed by atoms with Gasteiger partial charge in [0.25, 0.3) is 0 Å². The van der Waals surface area contributed by atoms with Gasteiger partial charge in [0.2, 0.25) is 0 Å². The zero-order valence-corrected chi connectivity index (χ0v) is 9.74. The van der Waals surface area contributed by atoms with Crippen LogP contribution in [0.25, 0.3) is 0 Å². The molecule has 5 heteroatoms. The van der Waals surface area contributed by atoms with Gasteiger partial charge in [-0.25, -0.2) is 4.79 Å². The van der Waals surface area contributed by atoms with Gasteiger partial charge >= 0.3 is 5.97 Å². The molecule has 0 spiro atoms. The molecule has 0 fully saturated rings. The lowest BCUT2D eigenvalue weighted by Gasteiger charge is -2.03. The van der Waals surface area contributed by atoms with Gasteiger partial charge < -0.3 is 19.6 Å². The monoisotopic (exact) mass is 227 g/mol. The Kier molecular flexibility index (Phi) is 4.52. The molecule has 1 atom stereocenters. The second-order valence-electron chi connectivity index (χ2n) is 3.65. The predicted octanol–water partition coefficient (Wildman–Crippen LogP) is 0.845. The van der Waals surface area contributed by atoms with Crippen LogP contribution in [0.5, 0.6) is 0 Å². The average Bonchev–Trinajstić information content (AvgIpc) is 2.58. The van der Waals surface area contributed by atoms with Crippen LogP contribution in [0.1, 0.15) is 28.8 Å². The summed E-state index contributed by atoms with van der Waals surface area (Å²) in [5.74, 6) is 0.794. The van der Waals surface area contributed by atoms with Gasteiger partial charge in [-0.2, -0.15) is 0 Å². The molecule has 0 bridgehead atoms. The standard InChI is InChI=1S/C11H17NO4/c1-7(13)5-12-6-9-4-10(8(2)16-9)11(14)15-3/h4,7,12-13H,5-6H2,1-3H3/t7-/m0/s1. The molecular weight excluding hydrogens is 210 g/mol. The quantitative estimate of drug-likeness (QED) is 0.729. The van der Waals surface area contributed by atoms with Gasteiger partial charge in [0.15, 0.2) is 0 Å². The first-order valence-electron chi connectivity index (χ1n) is 5.11.